The van der Waals surface area contributed by atoms with Crippen molar-refractivity contribution in [3.63, 3.8) is 0 Å². The van der Waals surface area contributed by atoms with Gasteiger partial charge in [-0.2, -0.15) is 0 Å². The van der Waals surface area contributed by atoms with Gasteiger partial charge in [0, 0.05) is 0 Å². The van der Waals surface area contributed by atoms with E-state index in [0.717, 1.165) is 36.3 Å². The summed E-state index contributed by atoms with van der Waals surface area (Å²) in [5.41, 5.74) is 2.11. The second kappa shape index (κ2) is 11.9. The van der Waals surface area contributed by atoms with Crippen molar-refractivity contribution >= 4 is 12.2 Å². The molecule has 0 bridgehead atoms. The number of ether oxygens (including phenoxy) is 2. The van der Waals surface area contributed by atoms with E-state index in [2.05, 4.69) is 20.1 Å². The van der Waals surface area contributed by atoms with Gasteiger partial charge in [-0.25, -0.2) is 0 Å². The van der Waals surface area contributed by atoms with Crippen LogP contribution in [0.1, 0.15) is 37.8 Å². The Balaban J connectivity index is 0.000000293. The highest BCUT2D eigenvalue weighted by Gasteiger charge is 2.02. The first-order valence-corrected chi connectivity index (χ1v) is 8.51. The van der Waals surface area contributed by atoms with Gasteiger partial charge in [0.25, 0.3) is 0 Å². The second-order valence-electron chi connectivity index (χ2n) is 5.48. The Hall–Kier alpha value is -2.52. The highest BCUT2D eigenvalue weighted by molar-refractivity contribution is 5.48. The SMILES string of the molecule is C=Cc1ccc(O)cc1.C=Cc1ccc(OC(C)OCCCC)cc1. The van der Waals surface area contributed by atoms with Crippen LogP contribution in [0, 0.1) is 0 Å². The minimum absolute atomic E-state index is 0.193. The summed E-state index contributed by atoms with van der Waals surface area (Å²) in [4.78, 5) is 0. The molecule has 25 heavy (non-hydrogen) atoms. The van der Waals surface area contributed by atoms with Gasteiger partial charge in [0.05, 0.1) is 6.61 Å². The average Bonchev–Trinajstić information content (AvgIpc) is 2.64. The molecule has 0 aliphatic carbocycles. The molecule has 0 fully saturated rings. The lowest BCUT2D eigenvalue weighted by molar-refractivity contribution is -0.0673. The van der Waals surface area contributed by atoms with Gasteiger partial charge in [-0.1, -0.05) is 62.9 Å². The molecule has 0 spiro atoms. The number of hydrogen-bond donors (Lipinski definition) is 1. The quantitative estimate of drug-likeness (QED) is 0.480. The van der Waals surface area contributed by atoms with Gasteiger partial charge in [0.2, 0.25) is 0 Å². The molecule has 0 aliphatic heterocycles. The lowest BCUT2D eigenvalue weighted by Crippen LogP contribution is -2.16. The monoisotopic (exact) mass is 340 g/mol. The van der Waals surface area contributed by atoms with Crippen LogP contribution in [0.4, 0.5) is 0 Å². The number of benzene rings is 2. The molecule has 1 unspecified atom stereocenters. The Morgan fingerprint density at radius 3 is 1.96 bits per heavy atom. The van der Waals surface area contributed by atoms with Crippen molar-refractivity contribution in [2.75, 3.05) is 6.61 Å². The molecule has 0 aromatic heterocycles. The zero-order valence-corrected chi connectivity index (χ0v) is 15.2. The van der Waals surface area contributed by atoms with Crippen LogP contribution in [0.5, 0.6) is 11.5 Å². The molecular weight excluding hydrogens is 312 g/mol. The Labute approximate surface area is 151 Å². The average molecular weight is 340 g/mol. The van der Waals surface area contributed by atoms with E-state index in [0.29, 0.717) is 5.75 Å². The first kappa shape index (κ1) is 20.5. The van der Waals surface area contributed by atoms with Crippen LogP contribution in [-0.2, 0) is 4.74 Å². The van der Waals surface area contributed by atoms with E-state index in [1.807, 2.05) is 49.4 Å². The van der Waals surface area contributed by atoms with Crippen molar-refractivity contribution in [3.8, 4) is 11.5 Å². The Morgan fingerprint density at radius 1 is 0.960 bits per heavy atom. The molecule has 0 heterocycles. The topological polar surface area (TPSA) is 38.7 Å². The van der Waals surface area contributed by atoms with Crippen LogP contribution in [0.15, 0.2) is 61.7 Å². The molecule has 3 heteroatoms. The standard InChI is InChI=1S/C14H20O2.C8H8O/c1-4-6-11-15-12(3)16-14-9-7-13(5-2)8-10-14;1-2-7-3-5-8(9)6-4-7/h5,7-10,12H,2,4,6,11H2,1,3H3;2-6,9H,1H2. The first-order valence-electron chi connectivity index (χ1n) is 8.51. The fourth-order valence-electron chi connectivity index (χ4n) is 1.91. The van der Waals surface area contributed by atoms with Crippen molar-refractivity contribution < 1.29 is 14.6 Å². The number of phenolic OH excluding ortho intramolecular Hbond substituents is 1. The summed E-state index contributed by atoms with van der Waals surface area (Å²) >= 11 is 0. The van der Waals surface area contributed by atoms with Gasteiger partial charge in [0.1, 0.15) is 11.5 Å². The Morgan fingerprint density at radius 2 is 1.48 bits per heavy atom. The van der Waals surface area contributed by atoms with E-state index in [-0.39, 0.29) is 6.29 Å². The van der Waals surface area contributed by atoms with Gasteiger partial charge in [-0.3, -0.25) is 0 Å². The molecule has 134 valence electrons. The summed E-state index contributed by atoms with van der Waals surface area (Å²) in [6.45, 7) is 12.1. The number of aromatic hydroxyl groups is 1. The third-order valence-electron chi connectivity index (χ3n) is 3.40. The fourth-order valence-corrected chi connectivity index (χ4v) is 1.91. The van der Waals surface area contributed by atoms with Gasteiger partial charge in [-0.05, 0) is 48.7 Å². The highest BCUT2D eigenvalue weighted by atomic mass is 16.7. The van der Waals surface area contributed by atoms with E-state index >= 15 is 0 Å². The Bertz CT molecular complexity index is 615. The maximum atomic E-state index is 8.82. The number of hydrogen-bond acceptors (Lipinski definition) is 3. The van der Waals surface area contributed by atoms with Gasteiger partial charge < -0.3 is 14.6 Å². The van der Waals surface area contributed by atoms with E-state index in [1.54, 1.807) is 18.2 Å². The molecule has 2 aromatic carbocycles. The summed E-state index contributed by atoms with van der Waals surface area (Å²) in [6, 6.07) is 14.7. The fraction of sp³-hybridized carbons (Fsp3) is 0.273. The van der Waals surface area contributed by atoms with Gasteiger partial charge >= 0.3 is 0 Å². The van der Waals surface area contributed by atoms with Gasteiger partial charge in [0.15, 0.2) is 6.29 Å². The van der Waals surface area contributed by atoms with Crippen molar-refractivity contribution in [2.45, 2.75) is 33.0 Å². The molecular formula is C22H28O3. The lowest BCUT2D eigenvalue weighted by Gasteiger charge is -2.15. The van der Waals surface area contributed by atoms with Crippen LogP contribution in [0.25, 0.3) is 12.2 Å². The van der Waals surface area contributed by atoms with Crippen molar-refractivity contribution in [2.24, 2.45) is 0 Å². The molecule has 3 nitrogen and oxygen atoms in total. The van der Waals surface area contributed by atoms with E-state index in [9.17, 15) is 0 Å². The first-order chi connectivity index (χ1) is 12.1. The largest absolute Gasteiger partial charge is 0.508 e. The minimum Gasteiger partial charge on any atom is -0.508 e. The van der Waals surface area contributed by atoms with Gasteiger partial charge in [-0.15, -0.1) is 0 Å². The van der Waals surface area contributed by atoms with Crippen LogP contribution in [0.2, 0.25) is 0 Å². The molecule has 0 aliphatic rings. The Kier molecular flexibility index (Phi) is 9.79. The predicted molar refractivity (Wildman–Crippen MR) is 106 cm³/mol. The zero-order valence-electron chi connectivity index (χ0n) is 15.2. The van der Waals surface area contributed by atoms with Crippen molar-refractivity contribution in [1.82, 2.24) is 0 Å². The predicted octanol–water partition coefficient (Wildman–Crippen LogP) is 5.91. The molecule has 0 saturated carbocycles. The van der Waals surface area contributed by atoms with E-state index in [1.165, 1.54) is 0 Å². The van der Waals surface area contributed by atoms with Crippen molar-refractivity contribution in [1.29, 1.82) is 0 Å². The second-order valence-corrected chi connectivity index (χ2v) is 5.48. The smallest absolute Gasteiger partial charge is 0.196 e. The number of unbranched alkanes of at least 4 members (excludes halogenated alkanes) is 1. The van der Waals surface area contributed by atoms with Crippen molar-refractivity contribution in [3.05, 3.63) is 72.8 Å². The van der Waals surface area contributed by atoms with Crippen LogP contribution < -0.4 is 4.74 Å². The summed E-state index contributed by atoms with van der Waals surface area (Å²) in [6.07, 6.45) is 5.56. The molecule has 0 amide bonds. The van der Waals surface area contributed by atoms with E-state index in [4.69, 9.17) is 14.6 Å². The highest BCUT2D eigenvalue weighted by Crippen LogP contribution is 2.15. The number of rotatable bonds is 8. The van der Waals surface area contributed by atoms with Crippen LogP contribution >= 0.6 is 0 Å². The molecule has 2 rings (SSSR count). The minimum atomic E-state index is -0.193. The molecule has 0 saturated heterocycles. The normalized spacial score (nSPS) is 11.0. The number of phenols is 1. The summed E-state index contributed by atoms with van der Waals surface area (Å²) in [5.74, 6) is 1.12. The van der Waals surface area contributed by atoms with Crippen LogP contribution in [0.3, 0.4) is 0 Å². The molecule has 1 atom stereocenters. The third kappa shape index (κ3) is 8.77. The maximum absolute atomic E-state index is 8.82. The van der Waals surface area contributed by atoms with Crippen LogP contribution in [-0.4, -0.2) is 18.0 Å². The lowest BCUT2D eigenvalue weighted by atomic mass is 10.2. The summed E-state index contributed by atoms with van der Waals surface area (Å²) < 4.78 is 11.1. The zero-order chi connectivity index (χ0) is 18.5. The summed E-state index contributed by atoms with van der Waals surface area (Å²) in [7, 11) is 0. The third-order valence-corrected chi connectivity index (χ3v) is 3.40. The molecule has 2 aromatic rings. The van der Waals surface area contributed by atoms with E-state index < -0.39 is 0 Å². The molecule has 1 N–H and O–H groups in total. The summed E-state index contributed by atoms with van der Waals surface area (Å²) in [5, 5.41) is 8.82. The maximum Gasteiger partial charge on any atom is 0.196 e. The molecule has 0 radical (unpaired) electrons.